The summed E-state index contributed by atoms with van der Waals surface area (Å²) in [6.45, 7) is 1.40. The van der Waals surface area contributed by atoms with Crippen LogP contribution in [0.5, 0.6) is 0 Å². The molecule has 1 aliphatic rings. The molecule has 1 atom stereocenters. The summed E-state index contributed by atoms with van der Waals surface area (Å²) in [5, 5.41) is 33.9. The molecule has 5 rings (SSSR count). The molecule has 15 heteroatoms. The molecule has 1 aromatic carbocycles. The van der Waals surface area contributed by atoms with Gasteiger partial charge in [-0.1, -0.05) is 29.0 Å². The Hall–Kier alpha value is -3.88. The van der Waals surface area contributed by atoms with Crippen LogP contribution >= 0.6 is 22.9 Å². The zero-order valence-electron chi connectivity index (χ0n) is 22.1. The van der Waals surface area contributed by atoms with Gasteiger partial charge in [-0.3, -0.25) is 9.78 Å². The van der Waals surface area contributed by atoms with Gasteiger partial charge in [0, 0.05) is 42.3 Å². The van der Waals surface area contributed by atoms with Crippen molar-refractivity contribution in [1.29, 1.82) is 0 Å². The molecule has 1 aliphatic heterocycles. The molecule has 220 valence electrons. The molecule has 1 unspecified atom stereocenters. The Kier molecular flexibility index (Phi) is 9.14. The lowest BCUT2D eigenvalue weighted by Gasteiger charge is -2.31. The maximum Gasteiger partial charge on any atom is 0.416 e. The minimum Gasteiger partial charge on any atom is -0.373 e. The number of rotatable bonds is 9. The monoisotopic (exact) mass is 618 g/mol. The molecular weight excluding hydrogens is 593 g/mol. The van der Waals surface area contributed by atoms with Crippen LogP contribution in [0.15, 0.2) is 54.7 Å². The highest BCUT2D eigenvalue weighted by Crippen LogP contribution is 2.35. The smallest absolute Gasteiger partial charge is 0.373 e. The Balaban J connectivity index is 1.11. The normalized spacial score (nSPS) is 14.9. The molecule has 42 heavy (non-hydrogen) atoms. The predicted octanol–water partition coefficient (Wildman–Crippen LogP) is 4.93. The van der Waals surface area contributed by atoms with Crippen molar-refractivity contribution in [2.75, 3.05) is 28.6 Å². The summed E-state index contributed by atoms with van der Waals surface area (Å²) in [5.41, 5.74) is -0.300. The van der Waals surface area contributed by atoms with Crippen LogP contribution in [0, 0.1) is 0 Å². The Morgan fingerprint density at radius 2 is 1.90 bits per heavy atom. The van der Waals surface area contributed by atoms with E-state index in [4.69, 9.17) is 11.6 Å². The molecule has 10 nitrogen and oxygen atoms in total. The highest BCUT2D eigenvalue weighted by Gasteiger charge is 2.34. The van der Waals surface area contributed by atoms with Crippen LogP contribution in [-0.2, 0) is 23.8 Å². The number of aromatic nitrogens is 5. The fraction of sp³-hybridized carbons (Fsp3) is 0.333. The predicted molar refractivity (Wildman–Crippen MR) is 152 cm³/mol. The van der Waals surface area contributed by atoms with Crippen molar-refractivity contribution in [2.24, 2.45) is 0 Å². The maximum absolute atomic E-state index is 13.3. The number of aliphatic hydroxyl groups is 1. The van der Waals surface area contributed by atoms with Crippen LogP contribution in [-0.4, -0.2) is 55.7 Å². The van der Waals surface area contributed by atoms with Gasteiger partial charge in [0.1, 0.15) is 11.2 Å². The summed E-state index contributed by atoms with van der Waals surface area (Å²) >= 11 is 7.15. The third kappa shape index (κ3) is 7.69. The van der Waals surface area contributed by atoms with Gasteiger partial charge in [0.25, 0.3) is 0 Å². The van der Waals surface area contributed by atoms with E-state index >= 15 is 0 Å². The van der Waals surface area contributed by atoms with E-state index in [1.807, 2.05) is 12.1 Å². The van der Waals surface area contributed by atoms with Crippen LogP contribution in [0.4, 0.5) is 29.9 Å². The van der Waals surface area contributed by atoms with Gasteiger partial charge in [0.2, 0.25) is 11.0 Å². The first-order chi connectivity index (χ1) is 20.1. The number of halogens is 4. The molecule has 1 saturated heterocycles. The highest BCUT2D eigenvalue weighted by atomic mass is 35.5. The molecule has 4 aromatic rings. The van der Waals surface area contributed by atoms with Gasteiger partial charge in [-0.2, -0.15) is 13.2 Å². The number of piperidine rings is 1. The van der Waals surface area contributed by atoms with Crippen molar-refractivity contribution < 1.29 is 23.1 Å². The molecule has 4 heterocycles. The quantitative estimate of drug-likeness (QED) is 0.224. The first kappa shape index (κ1) is 29.6. The molecule has 3 N–H and O–H groups in total. The molecule has 0 bridgehead atoms. The van der Waals surface area contributed by atoms with E-state index in [1.54, 1.807) is 24.4 Å². The molecule has 0 aliphatic carbocycles. The minimum absolute atomic E-state index is 0.116. The Bertz CT molecular complexity index is 1500. The van der Waals surface area contributed by atoms with Crippen molar-refractivity contribution in [3.63, 3.8) is 0 Å². The summed E-state index contributed by atoms with van der Waals surface area (Å²) in [6, 6.07) is 12.2. The second-order valence-corrected chi connectivity index (χ2v) is 11.1. The second kappa shape index (κ2) is 13.0. The summed E-state index contributed by atoms with van der Waals surface area (Å²) in [4.78, 5) is 18.5. The van der Waals surface area contributed by atoms with Crippen molar-refractivity contribution in [3.8, 4) is 0 Å². The molecule has 1 amide bonds. The SMILES string of the molecule is O=C(Cc1ccccn1)Nc1ccc(N2CCC(c3nnc(NC(O)Cc4cc(Cl)ccc4C(F)(F)F)s3)CC2)nn1. The Labute approximate surface area is 248 Å². The number of alkyl halides is 3. The van der Waals surface area contributed by atoms with E-state index < -0.39 is 18.0 Å². The van der Waals surface area contributed by atoms with Crippen molar-refractivity contribution in [1.82, 2.24) is 25.4 Å². The highest BCUT2D eigenvalue weighted by molar-refractivity contribution is 7.15. The van der Waals surface area contributed by atoms with E-state index in [1.165, 1.54) is 23.5 Å². The molecular formula is C27H26ClF3N8O2S. The lowest BCUT2D eigenvalue weighted by Crippen LogP contribution is -2.33. The first-order valence-corrected chi connectivity index (χ1v) is 14.3. The number of nitrogens with one attached hydrogen (secondary N) is 2. The third-order valence-electron chi connectivity index (χ3n) is 6.67. The molecule has 0 saturated carbocycles. The van der Waals surface area contributed by atoms with Gasteiger partial charge < -0.3 is 20.6 Å². The fourth-order valence-corrected chi connectivity index (χ4v) is 5.79. The first-order valence-electron chi connectivity index (χ1n) is 13.1. The number of carbonyl (C=O) groups excluding carboxylic acids is 1. The van der Waals surface area contributed by atoms with Gasteiger partial charge >= 0.3 is 6.18 Å². The molecule has 0 radical (unpaired) electrons. The lowest BCUT2D eigenvalue weighted by atomic mass is 9.98. The summed E-state index contributed by atoms with van der Waals surface area (Å²) in [5.74, 6) is 0.952. The molecule has 3 aromatic heterocycles. The Morgan fingerprint density at radius 1 is 1.10 bits per heavy atom. The molecule has 1 fully saturated rings. The lowest BCUT2D eigenvalue weighted by molar-refractivity contribution is -0.138. The van der Waals surface area contributed by atoms with E-state index in [0.717, 1.165) is 23.9 Å². The van der Waals surface area contributed by atoms with Crippen LogP contribution < -0.4 is 15.5 Å². The molecule has 0 spiro atoms. The standard InChI is InChI=1S/C27H26ClF3N8O2S/c28-18-4-5-20(27(29,30)31)17(13-18)14-23(40)34-26-38-37-25(42-26)16-8-11-39(12-9-16)22-7-6-21(35-36-22)33-24(41)15-19-3-1-2-10-32-19/h1-7,10,13,16,23,40H,8-9,11-12,14-15H2,(H,34,38)(H,33,35,41). The number of benzene rings is 1. The van der Waals surface area contributed by atoms with E-state index in [0.29, 0.717) is 35.6 Å². The number of anilines is 3. The number of hydrogen-bond donors (Lipinski definition) is 3. The zero-order valence-corrected chi connectivity index (χ0v) is 23.6. The van der Waals surface area contributed by atoms with Gasteiger partial charge in [-0.25, -0.2) is 0 Å². The summed E-state index contributed by atoms with van der Waals surface area (Å²) in [6.07, 6.45) is -2.86. The van der Waals surface area contributed by atoms with Crippen LogP contribution in [0.1, 0.15) is 40.6 Å². The number of pyridine rings is 1. The van der Waals surface area contributed by atoms with Crippen LogP contribution in [0.25, 0.3) is 0 Å². The minimum atomic E-state index is -4.56. The summed E-state index contributed by atoms with van der Waals surface area (Å²) in [7, 11) is 0. The third-order valence-corrected chi connectivity index (χ3v) is 7.92. The number of aliphatic hydroxyl groups excluding tert-OH is 1. The Morgan fingerprint density at radius 3 is 2.60 bits per heavy atom. The van der Waals surface area contributed by atoms with Gasteiger partial charge in [-0.15, -0.1) is 20.4 Å². The van der Waals surface area contributed by atoms with Gasteiger partial charge in [0.15, 0.2) is 11.6 Å². The van der Waals surface area contributed by atoms with Gasteiger partial charge in [0.05, 0.1) is 12.0 Å². The van der Waals surface area contributed by atoms with Crippen molar-refractivity contribution in [3.05, 3.63) is 81.6 Å². The zero-order chi connectivity index (χ0) is 29.7. The number of hydrogen-bond acceptors (Lipinski definition) is 10. The maximum atomic E-state index is 13.3. The average molecular weight is 619 g/mol. The summed E-state index contributed by atoms with van der Waals surface area (Å²) < 4.78 is 40.0. The van der Waals surface area contributed by atoms with E-state index in [9.17, 15) is 23.1 Å². The van der Waals surface area contributed by atoms with Crippen LogP contribution in [0.2, 0.25) is 5.02 Å². The second-order valence-electron chi connectivity index (χ2n) is 9.69. The van der Waals surface area contributed by atoms with Gasteiger partial charge in [-0.05, 0) is 60.9 Å². The topological polar surface area (TPSA) is 129 Å². The van der Waals surface area contributed by atoms with E-state index in [2.05, 4.69) is 40.9 Å². The van der Waals surface area contributed by atoms with Crippen molar-refractivity contribution in [2.45, 2.75) is 44.0 Å². The van der Waals surface area contributed by atoms with Crippen molar-refractivity contribution >= 4 is 45.6 Å². The van der Waals surface area contributed by atoms with E-state index in [-0.39, 0.29) is 35.3 Å². The number of amides is 1. The largest absolute Gasteiger partial charge is 0.416 e. The number of nitrogens with zero attached hydrogens (tertiary/aromatic N) is 6. The fourth-order valence-electron chi connectivity index (χ4n) is 4.64. The van der Waals surface area contributed by atoms with Crippen LogP contribution in [0.3, 0.4) is 0 Å². The number of carbonyl (C=O) groups is 1. The average Bonchev–Trinajstić information content (AvgIpc) is 3.41.